The Bertz CT molecular complexity index is 689. The van der Waals surface area contributed by atoms with Gasteiger partial charge in [0.15, 0.2) is 5.54 Å². The maximum absolute atomic E-state index is 12.9. The third kappa shape index (κ3) is 2.57. The van der Waals surface area contributed by atoms with Gasteiger partial charge in [0, 0.05) is 31.4 Å². The molecule has 1 aromatic rings. The number of aliphatic imine (C=N–C) groups is 1. The number of ketones is 1. The van der Waals surface area contributed by atoms with Gasteiger partial charge in [0.1, 0.15) is 11.9 Å². The predicted molar refractivity (Wildman–Crippen MR) is 89.8 cm³/mol. The molecule has 3 rings (SSSR count). The molecule has 0 aromatic heterocycles. The first-order valence-corrected chi connectivity index (χ1v) is 8.21. The lowest BCUT2D eigenvalue weighted by Gasteiger charge is -2.46. The molecule has 1 aliphatic carbocycles. The molecule has 1 heterocycles. The molecule has 128 valence electrons. The smallest absolute Gasteiger partial charge is 0.343 e. The Morgan fingerprint density at radius 1 is 1.17 bits per heavy atom. The van der Waals surface area contributed by atoms with Crippen molar-refractivity contribution in [3.63, 3.8) is 0 Å². The summed E-state index contributed by atoms with van der Waals surface area (Å²) in [7, 11) is 1.52. The van der Waals surface area contributed by atoms with Crippen molar-refractivity contribution in [2.45, 2.75) is 45.3 Å². The molecule has 0 unspecified atom stereocenters. The predicted octanol–water partition coefficient (Wildman–Crippen LogP) is 2.77. The monoisotopic (exact) mass is 329 g/mol. The van der Waals surface area contributed by atoms with Crippen LogP contribution in [0.1, 0.15) is 39.2 Å². The molecule has 3 atom stereocenters. The van der Waals surface area contributed by atoms with Crippen LogP contribution in [0.2, 0.25) is 0 Å². The van der Waals surface area contributed by atoms with Gasteiger partial charge in [0.2, 0.25) is 5.90 Å². The van der Waals surface area contributed by atoms with E-state index in [0.717, 1.165) is 5.56 Å². The fourth-order valence-corrected chi connectivity index (χ4v) is 3.82. The molecule has 0 N–H and O–H groups in total. The second kappa shape index (κ2) is 5.81. The fourth-order valence-electron chi connectivity index (χ4n) is 3.82. The summed E-state index contributed by atoms with van der Waals surface area (Å²) in [5, 5.41) is 0. The first kappa shape index (κ1) is 16.8. The Balaban J connectivity index is 2.14. The van der Waals surface area contributed by atoms with Crippen molar-refractivity contribution in [2.75, 3.05) is 7.11 Å². The van der Waals surface area contributed by atoms with E-state index in [2.05, 4.69) is 0 Å². The zero-order chi connectivity index (χ0) is 17.5. The number of methoxy groups -OCH3 is 1. The van der Waals surface area contributed by atoms with E-state index in [1.54, 1.807) is 0 Å². The molecule has 1 saturated carbocycles. The van der Waals surface area contributed by atoms with Crippen LogP contribution in [0.25, 0.3) is 0 Å². The Morgan fingerprint density at radius 3 is 2.42 bits per heavy atom. The second-order valence-electron chi connectivity index (χ2n) is 7.59. The standard InChI is InChI=1S/C19H23NO4/c1-18(2,3)14-10-13(21)11-15(23-4)19(14)17(22)24-16(20-19)12-8-6-5-7-9-12/h5-9,14-15H,10-11H2,1-4H3/t14-,15+,19+/m0/s1. The van der Waals surface area contributed by atoms with Crippen molar-refractivity contribution in [1.29, 1.82) is 0 Å². The molecule has 5 heteroatoms. The van der Waals surface area contributed by atoms with E-state index < -0.39 is 17.6 Å². The number of esters is 1. The van der Waals surface area contributed by atoms with Crippen LogP contribution in [-0.2, 0) is 19.1 Å². The maximum atomic E-state index is 12.9. The van der Waals surface area contributed by atoms with Crippen LogP contribution in [0, 0.1) is 11.3 Å². The third-order valence-electron chi connectivity index (χ3n) is 5.02. The summed E-state index contributed by atoms with van der Waals surface area (Å²) in [5.41, 5.74) is -0.699. The Labute approximate surface area is 142 Å². The molecule has 0 amide bonds. The van der Waals surface area contributed by atoms with Gasteiger partial charge in [-0.25, -0.2) is 9.79 Å². The van der Waals surface area contributed by atoms with E-state index in [4.69, 9.17) is 14.5 Å². The average molecular weight is 329 g/mol. The molecule has 5 nitrogen and oxygen atoms in total. The average Bonchev–Trinajstić information content (AvgIpc) is 2.87. The summed E-state index contributed by atoms with van der Waals surface area (Å²) < 4.78 is 11.1. The van der Waals surface area contributed by atoms with E-state index in [0.29, 0.717) is 12.3 Å². The summed E-state index contributed by atoms with van der Waals surface area (Å²) in [5.74, 6) is -0.277. The van der Waals surface area contributed by atoms with Gasteiger partial charge in [-0.3, -0.25) is 4.79 Å². The minimum absolute atomic E-state index is 0.101. The number of nitrogens with zero attached hydrogens (tertiary/aromatic N) is 1. The van der Waals surface area contributed by atoms with E-state index in [1.165, 1.54) is 7.11 Å². The van der Waals surface area contributed by atoms with Crippen LogP contribution >= 0.6 is 0 Å². The Morgan fingerprint density at radius 2 is 1.83 bits per heavy atom. The highest BCUT2D eigenvalue weighted by Gasteiger charge is 2.63. The highest BCUT2D eigenvalue weighted by molar-refractivity contribution is 6.09. The van der Waals surface area contributed by atoms with Gasteiger partial charge in [0.05, 0.1) is 0 Å². The molecule has 24 heavy (non-hydrogen) atoms. The van der Waals surface area contributed by atoms with Gasteiger partial charge in [-0.2, -0.15) is 0 Å². The first-order chi connectivity index (χ1) is 11.3. The minimum atomic E-state index is -1.16. The molecular weight excluding hydrogens is 306 g/mol. The third-order valence-corrected chi connectivity index (χ3v) is 5.02. The summed E-state index contributed by atoms with van der Waals surface area (Å²) >= 11 is 0. The number of carbonyl (C=O) groups excluding carboxylic acids is 2. The van der Waals surface area contributed by atoms with Crippen LogP contribution < -0.4 is 0 Å². The summed E-state index contributed by atoms with van der Waals surface area (Å²) in [4.78, 5) is 29.9. The van der Waals surface area contributed by atoms with Crippen molar-refractivity contribution in [2.24, 2.45) is 16.3 Å². The second-order valence-corrected chi connectivity index (χ2v) is 7.59. The number of Topliss-reactive ketones (excluding diaryl/α,β-unsaturated/α-hetero) is 1. The quantitative estimate of drug-likeness (QED) is 0.783. The number of cyclic esters (lactones) is 1. The SMILES string of the molecule is CO[C@@H]1CC(=O)C[C@@H](C(C)(C)C)[C@@]12N=C(c1ccccc1)OC2=O. The fraction of sp³-hybridized carbons (Fsp3) is 0.526. The largest absolute Gasteiger partial charge is 0.405 e. The molecule has 0 radical (unpaired) electrons. The number of hydrogen-bond donors (Lipinski definition) is 0. The molecule has 1 fully saturated rings. The molecule has 0 saturated heterocycles. The van der Waals surface area contributed by atoms with Gasteiger partial charge < -0.3 is 9.47 Å². The van der Waals surface area contributed by atoms with Crippen LogP contribution in [0.4, 0.5) is 0 Å². The number of rotatable bonds is 2. The van der Waals surface area contributed by atoms with Crippen LogP contribution in [0.15, 0.2) is 35.3 Å². The number of hydrogen-bond acceptors (Lipinski definition) is 5. The molecule has 1 aliphatic heterocycles. The zero-order valence-electron chi connectivity index (χ0n) is 14.5. The summed E-state index contributed by atoms with van der Waals surface area (Å²) in [6, 6.07) is 9.35. The van der Waals surface area contributed by atoms with Crippen molar-refractivity contribution < 1.29 is 19.1 Å². The van der Waals surface area contributed by atoms with Gasteiger partial charge in [-0.1, -0.05) is 39.0 Å². The molecule has 1 spiro atoms. The highest BCUT2D eigenvalue weighted by atomic mass is 16.6. The van der Waals surface area contributed by atoms with Gasteiger partial charge in [-0.15, -0.1) is 0 Å². The van der Waals surface area contributed by atoms with Crippen LogP contribution in [-0.4, -0.2) is 36.4 Å². The lowest BCUT2D eigenvalue weighted by molar-refractivity contribution is -0.157. The molecule has 0 bridgehead atoms. The van der Waals surface area contributed by atoms with E-state index >= 15 is 0 Å². The Hall–Kier alpha value is -2.01. The van der Waals surface area contributed by atoms with Crippen molar-refractivity contribution in [3.05, 3.63) is 35.9 Å². The first-order valence-electron chi connectivity index (χ1n) is 8.21. The zero-order valence-corrected chi connectivity index (χ0v) is 14.5. The van der Waals surface area contributed by atoms with Crippen LogP contribution in [0.3, 0.4) is 0 Å². The lowest BCUT2D eigenvalue weighted by Crippen LogP contribution is -2.60. The topological polar surface area (TPSA) is 65.0 Å². The Kier molecular flexibility index (Phi) is 4.08. The number of carbonyl (C=O) groups is 2. The van der Waals surface area contributed by atoms with Crippen molar-refractivity contribution >= 4 is 17.7 Å². The van der Waals surface area contributed by atoms with Gasteiger partial charge in [-0.05, 0) is 17.5 Å². The van der Waals surface area contributed by atoms with Gasteiger partial charge >= 0.3 is 5.97 Å². The van der Waals surface area contributed by atoms with E-state index in [-0.39, 0.29) is 23.5 Å². The summed E-state index contributed by atoms with van der Waals surface area (Å²) in [6.45, 7) is 6.07. The molecular formula is C19H23NO4. The summed E-state index contributed by atoms with van der Waals surface area (Å²) in [6.07, 6.45) is -0.106. The van der Waals surface area contributed by atoms with Crippen molar-refractivity contribution in [3.8, 4) is 0 Å². The normalized spacial score (nSPS) is 30.4. The number of ether oxygens (including phenoxy) is 2. The van der Waals surface area contributed by atoms with Gasteiger partial charge in [0.25, 0.3) is 0 Å². The van der Waals surface area contributed by atoms with Crippen molar-refractivity contribution in [1.82, 2.24) is 0 Å². The number of benzene rings is 1. The highest BCUT2D eigenvalue weighted by Crippen LogP contribution is 2.49. The maximum Gasteiger partial charge on any atom is 0.343 e. The minimum Gasteiger partial charge on any atom is -0.405 e. The lowest BCUT2D eigenvalue weighted by atomic mass is 9.61. The van der Waals surface area contributed by atoms with E-state index in [9.17, 15) is 9.59 Å². The molecule has 1 aromatic carbocycles. The molecule has 2 aliphatic rings. The van der Waals surface area contributed by atoms with Crippen LogP contribution in [0.5, 0.6) is 0 Å². The van der Waals surface area contributed by atoms with E-state index in [1.807, 2.05) is 51.1 Å².